The van der Waals surface area contributed by atoms with Crippen molar-refractivity contribution in [2.45, 2.75) is 44.1 Å². The van der Waals surface area contributed by atoms with Gasteiger partial charge in [0.25, 0.3) is 0 Å². The molecule has 1 aliphatic carbocycles. The smallest absolute Gasteiger partial charge is 0.442 e. The molecule has 1 amide bonds. The number of nitrogens with one attached hydrogen (secondary N) is 2. The molecule has 0 spiro atoms. The maximum atomic E-state index is 12.7. The monoisotopic (exact) mass is 474 g/mol. The van der Waals surface area contributed by atoms with E-state index in [1.54, 1.807) is 0 Å². The molecule has 0 bridgehead atoms. The van der Waals surface area contributed by atoms with Crippen molar-refractivity contribution in [3.8, 4) is 5.69 Å². The van der Waals surface area contributed by atoms with Crippen LogP contribution in [0, 0.1) is 6.92 Å². The van der Waals surface area contributed by atoms with Crippen LogP contribution in [0.1, 0.15) is 45.6 Å². The molecule has 2 aromatic heterocycles. The van der Waals surface area contributed by atoms with Crippen LogP contribution in [-0.2, 0) is 22.4 Å². The third-order valence-corrected chi connectivity index (χ3v) is 7.54. The molecule has 10 heteroatoms. The van der Waals surface area contributed by atoms with Crippen molar-refractivity contribution < 1.29 is 23.5 Å². The zero-order valence-corrected chi connectivity index (χ0v) is 19.5. The van der Waals surface area contributed by atoms with E-state index in [2.05, 4.69) is 10.6 Å². The molecule has 168 valence electrons. The summed E-state index contributed by atoms with van der Waals surface area (Å²) in [5, 5.41) is 6.21. The first kappa shape index (κ1) is 22.3. The third-order valence-electron chi connectivity index (χ3n) is 5.30. The Morgan fingerprint density at radius 1 is 1.22 bits per heavy atom. The lowest BCUT2D eigenvalue weighted by atomic mass is 10.1. The number of aryl methyl sites for hydroxylation is 2. The molecular formula is C22H24N3O5S2+. The second kappa shape index (κ2) is 9.74. The van der Waals surface area contributed by atoms with E-state index in [4.69, 9.17) is 9.26 Å². The number of H-pyrrole nitrogens is 1. The number of hydrogen-bond donors (Lipinski definition) is 2. The van der Waals surface area contributed by atoms with E-state index >= 15 is 0 Å². The molecule has 8 nitrogen and oxygen atoms in total. The molecule has 0 saturated heterocycles. The minimum Gasteiger partial charge on any atom is -0.465 e. The minimum absolute atomic E-state index is 0.0162. The first-order valence-electron chi connectivity index (χ1n) is 10.3. The summed E-state index contributed by atoms with van der Waals surface area (Å²) in [5.74, 6) is -0.763. The van der Waals surface area contributed by atoms with E-state index in [1.807, 2.05) is 31.2 Å². The number of benzene rings is 1. The van der Waals surface area contributed by atoms with Gasteiger partial charge in [0.1, 0.15) is 5.00 Å². The van der Waals surface area contributed by atoms with Crippen LogP contribution < -0.4 is 15.6 Å². The van der Waals surface area contributed by atoms with E-state index < -0.39 is 11.6 Å². The minimum atomic E-state index is -0.554. The number of anilines is 1. The number of esters is 1. The first-order chi connectivity index (χ1) is 15.5. The van der Waals surface area contributed by atoms with E-state index in [0.717, 1.165) is 65.6 Å². The Hall–Kier alpha value is -2.85. The lowest BCUT2D eigenvalue weighted by Crippen LogP contribution is -2.36. The normalized spacial score (nSPS) is 13.3. The zero-order valence-electron chi connectivity index (χ0n) is 17.9. The highest BCUT2D eigenvalue weighted by Crippen LogP contribution is 2.38. The molecule has 4 rings (SSSR count). The van der Waals surface area contributed by atoms with Gasteiger partial charge in [-0.25, -0.2) is 9.59 Å². The Kier molecular flexibility index (Phi) is 6.80. The van der Waals surface area contributed by atoms with Crippen LogP contribution in [0.2, 0.25) is 0 Å². The summed E-state index contributed by atoms with van der Waals surface area (Å²) in [5.41, 5.74) is 2.71. The summed E-state index contributed by atoms with van der Waals surface area (Å²) in [6, 6.07) is 7.55. The average Bonchev–Trinajstić information content (AvgIpc) is 3.22. The molecule has 0 saturated carbocycles. The van der Waals surface area contributed by atoms with Gasteiger partial charge < -0.3 is 10.1 Å². The average molecular weight is 475 g/mol. The quantitative estimate of drug-likeness (QED) is 0.246. The molecule has 0 unspecified atom stereocenters. The van der Waals surface area contributed by atoms with Crippen molar-refractivity contribution in [1.29, 1.82) is 0 Å². The highest BCUT2D eigenvalue weighted by molar-refractivity contribution is 7.99. The van der Waals surface area contributed by atoms with Gasteiger partial charge in [-0.1, -0.05) is 24.1 Å². The Morgan fingerprint density at radius 2 is 1.97 bits per heavy atom. The number of fused-ring (bicyclic) bond motifs is 1. The van der Waals surface area contributed by atoms with Gasteiger partial charge in [0.15, 0.2) is 0 Å². The zero-order chi connectivity index (χ0) is 22.7. The molecular weight excluding hydrogens is 450 g/mol. The molecule has 2 N–H and O–H groups in total. The Balaban J connectivity index is 1.51. The Morgan fingerprint density at radius 3 is 2.72 bits per heavy atom. The highest BCUT2D eigenvalue weighted by Gasteiger charge is 2.28. The van der Waals surface area contributed by atoms with Crippen molar-refractivity contribution in [3.63, 3.8) is 0 Å². The van der Waals surface area contributed by atoms with Gasteiger partial charge in [-0.15, -0.1) is 11.3 Å². The fourth-order valence-corrected chi connectivity index (χ4v) is 5.76. The fraction of sp³-hybridized carbons (Fsp3) is 0.364. The SMILES string of the molecule is COC(=O)c1c(NC(=O)CSc2c(=O)o[nH][n+]2-c2ccc(C)cc2)sc2c1CCCCC2. The van der Waals surface area contributed by atoms with Gasteiger partial charge in [0.2, 0.25) is 11.6 Å². The van der Waals surface area contributed by atoms with Crippen LogP contribution in [0.4, 0.5) is 5.00 Å². The summed E-state index contributed by atoms with van der Waals surface area (Å²) >= 11 is 2.51. The fourth-order valence-electron chi connectivity index (χ4n) is 3.70. The van der Waals surface area contributed by atoms with E-state index in [9.17, 15) is 14.4 Å². The Bertz CT molecular complexity index is 1190. The highest BCUT2D eigenvalue weighted by atomic mass is 32.2. The number of aromatic nitrogens is 2. The molecule has 1 aliphatic rings. The second-order valence-electron chi connectivity index (χ2n) is 7.55. The third kappa shape index (κ3) is 4.66. The maximum Gasteiger partial charge on any atom is 0.442 e. The molecule has 32 heavy (non-hydrogen) atoms. The second-order valence-corrected chi connectivity index (χ2v) is 9.62. The van der Waals surface area contributed by atoms with Crippen molar-refractivity contribution in [1.82, 2.24) is 5.27 Å². The summed E-state index contributed by atoms with van der Waals surface area (Å²) in [6.45, 7) is 1.97. The number of thioether (sulfide) groups is 1. The van der Waals surface area contributed by atoms with Crippen LogP contribution in [0.25, 0.3) is 5.69 Å². The van der Waals surface area contributed by atoms with Gasteiger partial charge in [0, 0.05) is 17.0 Å². The van der Waals surface area contributed by atoms with Gasteiger partial charge in [-0.3, -0.25) is 9.32 Å². The van der Waals surface area contributed by atoms with Crippen LogP contribution >= 0.6 is 23.1 Å². The summed E-state index contributed by atoms with van der Waals surface area (Å²) in [4.78, 5) is 38.5. The van der Waals surface area contributed by atoms with E-state index in [1.165, 1.54) is 23.1 Å². The number of thiophene rings is 1. The molecule has 0 aliphatic heterocycles. The lowest BCUT2D eigenvalue weighted by molar-refractivity contribution is -0.704. The molecule has 0 radical (unpaired) electrons. The lowest BCUT2D eigenvalue weighted by Gasteiger charge is -2.06. The van der Waals surface area contributed by atoms with Crippen molar-refractivity contribution in [3.05, 3.63) is 56.3 Å². The molecule has 2 heterocycles. The molecule has 1 aromatic carbocycles. The number of rotatable bonds is 6. The number of carbonyl (C=O) groups is 2. The number of ether oxygens (including phenoxy) is 1. The summed E-state index contributed by atoms with van der Waals surface area (Å²) in [6.07, 6.45) is 4.91. The molecule has 0 fully saturated rings. The van der Waals surface area contributed by atoms with E-state index in [0.29, 0.717) is 10.6 Å². The van der Waals surface area contributed by atoms with Crippen LogP contribution in [0.3, 0.4) is 0 Å². The van der Waals surface area contributed by atoms with Crippen LogP contribution in [0.15, 0.2) is 38.6 Å². The van der Waals surface area contributed by atoms with Crippen molar-refractivity contribution in [2.75, 3.05) is 18.2 Å². The maximum absolute atomic E-state index is 12.7. The predicted octanol–water partition coefficient (Wildman–Crippen LogP) is 3.40. The van der Waals surface area contributed by atoms with Crippen molar-refractivity contribution in [2.24, 2.45) is 0 Å². The van der Waals surface area contributed by atoms with E-state index in [-0.39, 0.29) is 16.7 Å². The first-order valence-corrected chi connectivity index (χ1v) is 12.1. The summed E-state index contributed by atoms with van der Waals surface area (Å²) < 4.78 is 11.4. The van der Waals surface area contributed by atoms with Crippen molar-refractivity contribution >= 4 is 40.0 Å². The summed E-state index contributed by atoms with van der Waals surface area (Å²) in [7, 11) is 1.35. The largest absolute Gasteiger partial charge is 0.465 e. The molecule has 3 aromatic rings. The van der Waals surface area contributed by atoms with Gasteiger partial charge in [0.05, 0.1) is 18.4 Å². The number of amides is 1. The number of hydrogen-bond acceptors (Lipinski definition) is 7. The predicted molar refractivity (Wildman–Crippen MR) is 122 cm³/mol. The Labute approximate surface area is 192 Å². The van der Waals surface area contributed by atoms with Crippen LogP contribution in [-0.4, -0.2) is 30.0 Å². The topological polar surface area (TPSA) is 105 Å². The standard InChI is InChI=1S/C22H23N3O5S2/c1-13-8-10-14(11-9-13)25-20(22(28)30-24-25)31-12-17(26)23-19-18(21(27)29-2)15-6-4-3-5-7-16(15)32-19/h8-11H,3-7,12H2,1-2H3,(H-,23,24,26,27,28)/p+1. The number of carbonyl (C=O) groups excluding carboxylic acids is 2. The molecule has 0 atom stereocenters. The van der Waals surface area contributed by atoms with Gasteiger partial charge >= 0.3 is 16.6 Å². The number of methoxy groups -OCH3 is 1. The van der Waals surface area contributed by atoms with Gasteiger partial charge in [-0.05, 0) is 59.9 Å². The van der Waals surface area contributed by atoms with Crippen LogP contribution in [0.5, 0.6) is 0 Å². The number of aromatic amines is 1. The van der Waals surface area contributed by atoms with Gasteiger partial charge in [-0.2, -0.15) is 0 Å². The number of nitrogens with zero attached hydrogens (tertiary/aromatic N) is 1.